The predicted molar refractivity (Wildman–Crippen MR) is 79.5 cm³/mol. The summed E-state index contributed by atoms with van der Waals surface area (Å²) in [6, 6.07) is 7.66. The standard InChI is InChI=1S/C15H21ClN2O/c1-2-13(8-11-6-7-11)17-10-15(19)18-14-5-3-4-12(16)9-14/h3-5,9,11,13,17H,2,6-8,10H2,1H3,(H,18,19). The van der Waals surface area contributed by atoms with E-state index in [1.165, 1.54) is 19.3 Å². The minimum Gasteiger partial charge on any atom is -0.325 e. The molecule has 19 heavy (non-hydrogen) atoms. The van der Waals surface area contributed by atoms with Crippen molar-refractivity contribution in [1.29, 1.82) is 0 Å². The van der Waals surface area contributed by atoms with Crippen molar-refractivity contribution in [2.45, 2.75) is 38.6 Å². The third-order valence-corrected chi connectivity index (χ3v) is 3.70. The lowest BCUT2D eigenvalue weighted by Gasteiger charge is -2.16. The van der Waals surface area contributed by atoms with Gasteiger partial charge in [-0.1, -0.05) is 37.4 Å². The fraction of sp³-hybridized carbons (Fsp3) is 0.533. The van der Waals surface area contributed by atoms with Crippen LogP contribution < -0.4 is 10.6 Å². The van der Waals surface area contributed by atoms with E-state index >= 15 is 0 Å². The Morgan fingerprint density at radius 3 is 2.89 bits per heavy atom. The molecule has 104 valence electrons. The quantitative estimate of drug-likeness (QED) is 0.803. The summed E-state index contributed by atoms with van der Waals surface area (Å²) in [7, 11) is 0. The second-order valence-electron chi connectivity index (χ2n) is 5.22. The number of carbonyl (C=O) groups excluding carboxylic acids is 1. The molecule has 1 aromatic rings. The number of hydrogen-bond acceptors (Lipinski definition) is 2. The van der Waals surface area contributed by atoms with Crippen LogP contribution in [-0.2, 0) is 4.79 Å². The molecule has 2 rings (SSSR count). The van der Waals surface area contributed by atoms with Crippen LogP contribution in [0.5, 0.6) is 0 Å². The van der Waals surface area contributed by atoms with Gasteiger partial charge in [0.15, 0.2) is 0 Å². The second-order valence-corrected chi connectivity index (χ2v) is 5.66. The summed E-state index contributed by atoms with van der Waals surface area (Å²) >= 11 is 5.88. The Bertz CT molecular complexity index is 432. The number of nitrogens with one attached hydrogen (secondary N) is 2. The normalized spacial score (nSPS) is 16.1. The zero-order valence-electron chi connectivity index (χ0n) is 11.3. The molecule has 0 spiro atoms. The van der Waals surface area contributed by atoms with Crippen LogP contribution in [-0.4, -0.2) is 18.5 Å². The van der Waals surface area contributed by atoms with Crippen LogP contribution in [0.3, 0.4) is 0 Å². The van der Waals surface area contributed by atoms with Crippen LogP contribution in [0.15, 0.2) is 24.3 Å². The molecule has 4 heteroatoms. The highest BCUT2D eigenvalue weighted by Crippen LogP contribution is 2.33. The summed E-state index contributed by atoms with van der Waals surface area (Å²) < 4.78 is 0. The molecular weight excluding hydrogens is 260 g/mol. The molecule has 1 fully saturated rings. The molecular formula is C15H21ClN2O. The van der Waals surface area contributed by atoms with Crippen LogP contribution in [0.2, 0.25) is 5.02 Å². The predicted octanol–water partition coefficient (Wildman–Crippen LogP) is 3.45. The molecule has 1 aliphatic carbocycles. The summed E-state index contributed by atoms with van der Waals surface area (Å²) in [5.41, 5.74) is 0.745. The van der Waals surface area contributed by atoms with Crippen molar-refractivity contribution in [2.75, 3.05) is 11.9 Å². The molecule has 2 N–H and O–H groups in total. The Balaban J connectivity index is 1.74. The molecule has 0 heterocycles. The first-order valence-electron chi connectivity index (χ1n) is 6.96. The Hall–Kier alpha value is -1.06. The number of benzene rings is 1. The van der Waals surface area contributed by atoms with E-state index in [2.05, 4.69) is 17.6 Å². The van der Waals surface area contributed by atoms with Gasteiger partial charge in [0, 0.05) is 16.8 Å². The summed E-state index contributed by atoms with van der Waals surface area (Å²) in [4.78, 5) is 11.8. The molecule has 0 aromatic heterocycles. The van der Waals surface area contributed by atoms with Gasteiger partial charge in [-0.05, 0) is 37.0 Å². The van der Waals surface area contributed by atoms with Gasteiger partial charge >= 0.3 is 0 Å². The van der Waals surface area contributed by atoms with E-state index in [1.807, 2.05) is 12.1 Å². The minimum absolute atomic E-state index is 0.0171. The number of halogens is 1. The second kappa shape index (κ2) is 6.92. The molecule has 3 nitrogen and oxygen atoms in total. The first-order valence-corrected chi connectivity index (χ1v) is 7.34. The zero-order chi connectivity index (χ0) is 13.7. The molecule has 1 unspecified atom stereocenters. The number of carbonyl (C=O) groups is 1. The molecule has 1 atom stereocenters. The molecule has 0 aliphatic heterocycles. The van der Waals surface area contributed by atoms with E-state index in [9.17, 15) is 4.79 Å². The molecule has 1 amide bonds. The third kappa shape index (κ3) is 5.21. The highest BCUT2D eigenvalue weighted by molar-refractivity contribution is 6.30. The summed E-state index contributed by atoms with van der Waals surface area (Å²) in [6.07, 6.45) is 4.97. The first-order chi connectivity index (χ1) is 9.17. The molecule has 1 aromatic carbocycles. The smallest absolute Gasteiger partial charge is 0.238 e. The van der Waals surface area contributed by atoms with Gasteiger partial charge < -0.3 is 10.6 Å². The zero-order valence-corrected chi connectivity index (χ0v) is 12.0. The van der Waals surface area contributed by atoms with Gasteiger partial charge in [0.2, 0.25) is 5.91 Å². The van der Waals surface area contributed by atoms with Gasteiger partial charge in [0.05, 0.1) is 6.54 Å². The lowest BCUT2D eigenvalue weighted by molar-refractivity contribution is -0.115. The Labute approximate surface area is 119 Å². The van der Waals surface area contributed by atoms with Gasteiger partial charge in [0.25, 0.3) is 0 Å². The number of anilines is 1. The van der Waals surface area contributed by atoms with E-state index < -0.39 is 0 Å². The monoisotopic (exact) mass is 280 g/mol. The van der Waals surface area contributed by atoms with Crippen molar-refractivity contribution < 1.29 is 4.79 Å². The molecule has 1 saturated carbocycles. The van der Waals surface area contributed by atoms with Crippen molar-refractivity contribution >= 4 is 23.2 Å². The Kier molecular flexibility index (Phi) is 5.23. The van der Waals surface area contributed by atoms with E-state index in [-0.39, 0.29) is 5.91 Å². The van der Waals surface area contributed by atoms with Crippen molar-refractivity contribution in [3.63, 3.8) is 0 Å². The molecule has 0 radical (unpaired) electrons. The average Bonchev–Trinajstić information content (AvgIpc) is 3.18. The molecule has 0 bridgehead atoms. The Morgan fingerprint density at radius 2 is 2.26 bits per heavy atom. The number of hydrogen-bond donors (Lipinski definition) is 2. The maximum Gasteiger partial charge on any atom is 0.238 e. The van der Waals surface area contributed by atoms with Crippen molar-refractivity contribution in [3.8, 4) is 0 Å². The van der Waals surface area contributed by atoms with Gasteiger partial charge in [-0.15, -0.1) is 0 Å². The van der Waals surface area contributed by atoms with Gasteiger partial charge in [0.1, 0.15) is 0 Å². The van der Waals surface area contributed by atoms with Gasteiger partial charge in [-0.25, -0.2) is 0 Å². The molecule has 1 aliphatic rings. The average molecular weight is 281 g/mol. The number of amides is 1. The third-order valence-electron chi connectivity index (χ3n) is 3.47. The van der Waals surface area contributed by atoms with E-state index in [1.54, 1.807) is 12.1 Å². The largest absolute Gasteiger partial charge is 0.325 e. The first kappa shape index (κ1) is 14.4. The van der Waals surface area contributed by atoms with Crippen LogP contribution >= 0.6 is 11.6 Å². The van der Waals surface area contributed by atoms with Crippen molar-refractivity contribution in [3.05, 3.63) is 29.3 Å². The maximum absolute atomic E-state index is 11.8. The lowest BCUT2D eigenvalue weighted by atomic mass is 10.1. The van der Waals surface area contributed by atoms with Gasteiger partial charge in [-0.3, -0.25) is 4.79 Å². The van der Waals surface area contributed by atoms with E-state index in [0.29, 0.717) is 17.6 Å². The molecule has 0 saturated heterocycles. The highest BCUT2D eigenvalue weighted by atomic mass is 35.5. The SMILES string of the molecule is CCC(CC1CC1)NCC(=O)Nc1cccc(Cl)c1. The van der Waals surface area contributed by atoms with E-state index in [4.69, 9.17) is 11.6 Å². The van der Waals surface area contributed by atoms with Crippen LogP contribution in [0, 0.1) is 5.92 Å². The Morgan fingerprint density at radius 1 is 1.47 bits per heavy atom. The number of rotatable bonds is 7. The van der Waals surface area contributed by atoms with Gasteiger partial charge in [-0.2, -0.15) is 0 Å². The lowest BCUT2D eigenvalue weighted by Crippen LogP contribution is -2.36. The highest BCUT2D eigenvalue weighted by Gasteiger charge is 2.24. The summed E-state index contributed by atoms with van der Waals surface area (Å²) in [6.45, 7) is 2.52. The maximum atomic E-state index is 11.8. The summed E-state index contributed by atoms with van der Waals surface area (Å²) in [5, 5.41) is 6.81. The van der Waals surface area contributed by atoms with E-state index in [0.717, 1.165) is 18.0 Å². The summed E-state index contributed by atoms with van der Waals surface area (Å²) in [5.74, 6) is 0.866. The fourth-order valence-electron chi connectivity index (χ4n) is 2.16. The van der Waals surface area contributed by atoms with Crippen molar-refractivity contribution in [2.24, 2.45) is 5.92 Å². The van der Waals surface area contributed by atoms with Crippen LogP contribution in [0.1, 0.15) is 32.6 Å². The van der Waals surface area contributed by atoms with Crippen LogP contribution in [0.4, 0.5) is 5.69 Å². The minimum atomic E-state index is -0.0171. The van der Waals surface area contributed by atoms with Crippen LogP contribution in [0.25, 0.3) is 0 Å². The topological polar surface area (TPSA) is 41.1 Å². The van der Waals surface area contributed by atoms with Crippen molar-refractivity contribution in [1.82, 2.24) is 5.32 Å². The fourth-order valence-corrected chi connectivity index (χ4v) is 2.35.